The Morgan fingerprint density at radius 1 is 1.33 bits per heavy atom. The first-order valence-corrected chi connectivity index (χ1v) is 6.06. The molecule has 0 bridgehead atoms. The predicted molar refractivity (Wildman–Crippen MR) is 72.4 cm³/mol. The molecular formula is C13H9ClF3N3O. The van der Waals surface area contributed by atoms with Gasteiger partial charge in [-0.05, 0) is 12.1 Å². The summed E-state index contributed by atoms with van der Waals surface area (Å²) in [5.41, 5.74) is 4.32. The Balaban J connectivity index is 2.76. The monoisotopic (exact) mass is 315 g/mol. The van der Waals surface area contributed by atoms with Crippen LogP contribution in [0.1, 0.15) is 10.4 Å². The van der Waals surface area contributed by atoms with Crippen LogP contribution in [0.15, 0.2) is 18.2 Å². The van der Waals surface area contributed by atoms with E-state index < -0.39 is 34.1 Å². The van der Waals surface area contributed by atoms with Crippen molar-refractivity contribution in [3.63, 3.8) is 0 Å². The number of rotatable bonds is 2. The number of carbonyl (C=O) groups is 1. The molecule has 1 heterocycles. The molecule has 0 saturated heterocycles. The minimum atomic E-state index is -1.11. The maximum Gasteiger partial charge on any atom is 0.256 e. The van der Waals surface area contributed by atoms with E-state index in [9.17, 15) is 18.0 Å². The summed E-state index contributed by atoms with van der Waals surface area (Å²) in [5.74, 6) is -3.70. The topological polar surface area (TPSA) is 68.0 Å². The van der Waals surface area contributed by atoms with Crippen molar-refractivity contribution >= 4 is 23.2 Å². The van der Waals surface area contributed by atoms with Gasteiger partial charge in [0.2, 0.25) is 0 Å². The summed E-state index contributed by atoms with van der Waals surface area (Å²) in [4.78, 5) is 15.3. The molecule has 1 amide bonds. The number of anilines is 1. The molecule has 4 nitrogen and oxygen atoms in total. The molecule has 3 N–H and O–H groups in total. The third kappa shape index (κ3) is 2.64. The third-order valence-electron chi connectivity index (χ3n) is 2.78. The highest BCUT2D eigenvalue weighted by Gasteiger charge is 2.24. The molecule has 0 radical (unpaired) electrons. The third-order valence-corrected chi connectivity index (χ3v) is 3.03. The van der Waals surface area contributed by atoms with Crippen LogP contribution in [0, 0.1) is 17.5 Å². The summed E-state index contributed by atoms with van der Waals surface area (Å²) < 4.78 is 40.6. The lowest BCUT2D eigenvalue weighted by Crippen LogP contribution is -2.22. The number of carbonyl (C=O) groups excluding carboxylic acids is 1. The van der Waals surface area contributed by atoms with Gasteiger partial charge in [-0.3, -0.25) is 4.79 Å². The number of hydrogen-bond donors (Lipinski definition) is 2. The van der Waals surface area contributed by atoms with Crippen molar-refractivity contribution in [1.29, 1.82) is 0 Å². The molecule has 0 spiro atoms. The van der Waals surface area contributed by atoms with Gasteiger partial charge in [0.05, 0.1) is 11.4 Å². The molecule has 0 aliphatic carbocycles. The Kier molecular flexibility index (Phi) is 4.04. The second-order valence-electron chi connectivity index (χ2n) is 4.06. The van der Waals surface area contributed by atoms with Crippen LogP contribution in [0.4, 0.5) is 18.9 Å². The van der Waals surface area contributed by atoms with Crippen molar-refractivity contribution in [2.75, 3.05) is 12.8 Å². The highest BCUT2D eigenvalue weighted by molar-refractivity contribution is 6.30. The smallest absolute Gasteiger partial charge is 0.256 e. The number of halogens is 4. The first-order chi connectivity index (χ1) is 9.86. The Hall–Kier alpha value is -2.28. The molecule has 0 saturated carbocycles. The van der Waals surface area contributed by atoms with E-state index in [4.69, 9.17) is 17.3 Å². The van der Waals surface area contributed by atoms with Gasteiger partial charge in [0, 0.05) is 18.7 Å². The first-order valence-electron chi connectivity index (χ1n) is 5.68. The number of nitrogens with two attached hydrogens (primary N) is 1. The van der Waals surface area contributed by atoms with E-state index in [2.05, 4.69) is 10.3 Å². The summed E-state index contributed by atoms with van der Waals surface area (Å²) in [6.45, 7) is 0. The lowest BCUT2D eigenvalue weighted by Gasteiger charge is -2.12. The first kappa shape index (κ1) is 15.1. The normalized spacial score (nSPS) is 10.5. The number of benzene rings is 1. The van der Waals surface area contributed by atoms with Crippen molar-refractivity contribution < 1.29 is 18.0 Å². The molecule has 0 fully saturated rings. The van der Waals surface area contributed by atoms with Gasteiger partial charge in [-0.25, -0.2) is 18.2 Å². The summed E-state index contributed by atoms with van der Waals surface area (Å²) in [5, 5.41) is 1.56. The number of hydrogen-bond acceptors (Lipinski definition) is 3. The second-order valence-corrected chi connectivity index (χ2v) is 4.42. The highest BCUT2D eigenvalue weighted by Crippen LogP contribution is 2.33. The number of aromatic nitrogens is 1. The Morgan fingerprint density at radius 2 is 2.00 bits per heavy atom. The molecule has 0 aliphatic heterocycles. The van der Waals surface area contributed by atoms with Gasteiger partial charge in [0.15, 0.2) is 11.0 Å². The number of nitrogens with one attached hydrogen (secondary N) is 1. The second kappa shape index (κ2) is 5.61. The van der Waals surface area contributed by atoms with E-state index >= 15 is 0 Å². The lowest BCUT2D eigenvalue weighted by atomic mass is 10.0. The number of pyridine rings is 1. The minimum absolute atomic E-state index is 0.194. The van der Waals surface area contributed by atoms with Crippen molar-refractivity contribution in [3.05, 3.63) is 46.4 Å². The Labute approximate surface area is 122 Å². The minimum Gasteiger partial charge on any atom is -0.396 e. The molecular weight excluding hydrogens is 307 g/mol. The van der Waals surface area contributed by atoms with Crippen molar-refractivity contribution in [2.45, 2.75) is 0 Å². The zero-order valence-electron chi connectivity index (χ0n) is 10.7. The van der Waals surface area contributed by atoms with Gasteiger partial charge in [-0.1, -0.05) is 11.6 Å². The summed E-state index contributed by atoms with van der Waals surface area (Å²) >= 11 is 5.61. The fraction of sp³-hybridized carbons (Fsp3) is 0.0769. The largest absolute Gasteiger partial charge is 0.396 e. The maximum absolute atomic E-state index is 13.9. The van der Waals surface area contributed by atoms with Gasteiger partial charge in [0.25, 0.3) is 5.91 Å². The lowest BCUT2D eigenvalue weighted by molar-refractivity contribution is 0.0960. The van der Waals surface area contributed by atoms with Crippen LogP contribution in [-0.2, 0) is 0 Å². The van der Waals surface area contributed by atoms with Crippen LogP contribution in [0.5, 0.6) is 0 Å². The molecule has 21 heavy (non-hydrogen) atoms. The van der Waals surface area contributed by atoms with E-state index in [1.807, 2.05) is 0 Å². The quantitative estimate of drug-likeness (QED) is 0.837. The predicted octanol–water partition coefficient (Wildman–Crippen LogP) is 2.76. The number of amides is 1. The van der Waals surface area contributed by atoms with Crippen LogP contribution in [0.2, 0.25) is 5.15 Å². The standard InChI is InChI=1S/C13H9ClF3N3O/c1-19-13(21)8-9(17)12(14)20-11(10(8)18)6-3-2-5(15)4-7(6)16/h2-4H,18H2,1H3,(H,19,21). The fourth-order valence-electron chi connectivity index (χ4n) is 1.78. The van der Waals surface area contributed by atoms with Gasteiger partial charge in [-0.15, -0.1) is 0 Å². The van der Waals surface area contributed by atoms with Crippen LogP contribution in [0.25, 0.3) is 11.3 Å². The van der Waals surface area contributed by atoms with Crippen LogP contribution < -0.4 is 11.1 Å². The summed E-state index contributed by atoms with van der Waals surface area (Å²) in [7, 11) is 1.27. The van der Waals surface area contributed by atoms with Gasteiger partial charge in [0.1, 0.15) is 17.2 Å². The SMILES string of the molecule is CNC(=O)c1c(N)c(-c2ccc(F)cc2F)nc(Cl)c1F. The molecule has 110 valence electrons. The molecule has 1 aromatic heterocycles. The Morgan fingerprint density at radius 3 is 2.57 bits per heavy atom. The number of nitrogen functional groups attached to an aromatic ring is 1. The Bertz CT molecular complexity index is 737. The van der Waals surface area contributed by atoms with Crippen molar-refractivity contribution in [3.8, 4) is 11.3 Å². The fourth-order valence-corrected chi connectivity index (χ4v) is 1.96. The van der Waals surface area contributed by atoms with Gasteiger partial charge >= 0.3 is 0 Å². The van der Waals surface area contributed by atoms with E-state index in [1.165, 1.54) is 7.05 Å². The van der Waals surface area contributed by atoms with Gasteiger partial charge in [-0.2, -0.15) is 0 Å². The number of nitrogens with zero attached hydrogens (tertiary/aromatic N) is 1. The highest BCUT2D eigenvalue weighted by atomic mass is 35.5. The maximum atomic E-state index is 13.9. The van der Waals surface area contributed by atoms with E-state index in [1.54, 1.807) is 0 Å². The average Bonchev–Trinajstić information content (AvgIpc) is 2.43. The zero-order chi connectivity index (χ0) is 15.7. The van der Waals surface area contributed by atoms with Crippen LogP contribution in [0.3, 0.4) is 0 Å². The summed E-state index contributed by atoms with van der Waals surface area (Å²) in [6.07, 6.45) is 0. The molecule has 1 aromatic carbocycles. The average molecular weight is 316 g/mol. The molecule has 0 aliphatic rings. The van der Waals surface area contributed by atoms with E-state index in [-0.39, 0.29) is 16.9 Å². The van der Waals surface area contributed by atoms with Crippen LogP contribution >= 0.6 is 11.6 Å². The van der Waals surface area contributed by atoms with E-state index in [0.717, 1.165) is 12.1 Å². The zero-order valence-corrected chi connectivity index (χ0v) is 11.4. The molecule has 2 aromatic rings. The van der Waals surface area contributed by atoms with E-state index in [0.29, 0.717) is 6.07 Å². The molecule has 2 rings (SSSR count). The van der Waals surface area contributed by atoms with Crippen molar-refractivity contribution in [1.82, 2.24) is 10.3 Å². The van der Waals surface area contributed by atoms with Gasteiger partial charge < -0.3 is 11.1 Å². The van der Waals surface area contributed by atoms with Crippen LogP contribution in [-0.4, -0.2) is 17.9 Å². The molecule has 8 heteroatoms. The molecule has 0 atom stereocenters. The summed E-state index contributed by atoms with van der Waals surface area (Å²) in [6, 6.07) is 2.68. The van der Waals surface area contributed by atoms with Crippen molar-refractivity contribution in [2.24, 2.45) is 0 Å². The molecule has 0 unspecified atom stereocenters.